The molecule has 2 rings (SSSR count). The van der Waals surface area contributed by atoms with Crippen molar-refractivity contribution in [3.8, 4) is 0 Å². The average Bonchev–Trinajstić information content (AvgIpc) is 2.46. The van der Waals surface area contributed by atoms with E-state index in [0.717, 1.165) is 37.7 Å². The summed E-state index contributed by atoms with van der Waals surface area (Å²) in [5.41, 5.74) is 1.28. The van der Waals surface area contributed by atoms with Gasteiger partial charge in [-0.2, -0.15) is 0 Å². The van der Waals surface area contributed by atoms with Gasteiger partial charge < -0.3 is 10.2 Å². The minimum absolute atomic E-state index is 0.0367. The fraction of sp³-hybridized carbons (Fsp3) is 0.850. The van der Waals surface area contributed by atoms with Crippen LogP contribution in [0.25, 0.3) is 0 Å². The van der Waals surface area contributed by atoms with Crippen molar-refractivity contribution in [2.24, 2.45) is 28.6 Å². The number of carboxylic acid groups (broad SMARTS) is 1. The third kappa shape index (κ3) is 3.35. The summed E-state index contributed by atoms with van der Waals surface area (Å²) in [7, 11) is 0. The summed E-state index contributed by atoms with van der Waals surface area (Å²) < 4.78 is 0. The van der Waals surface area contributed by atoms with Crippen LogP contribution in [0.15, 0.2) is 12.2 Å². The molecule has 6 atom stereocenters. The quantitative estimate of drug-likeness (QED) is 0.725. The zero-order chi connectivity index (χ0) is 17.4. The molecule has 3 heteroatoms. The Kier molecular flexibility index (Phi) is 5.30. The zero-order valence-electron chi connectivity index (χ0n) is 15.3. The third-order valence-electron chi connectivity index (χ3n) is 7.35. The first kappa shape index (κ1) is 18.5. The monoisotopic (exact) mass is 322 g/mol. The summed E-state index contributed by atoms with van der Waals surface area (Å²) in [6, 6.07) is 0. The number of carboxylic acids is 1. The maximum Gasteiger partial charge on any atom is 0.303 e. The third-order valence-corrected chi connectivity index (χ3v) is 7.35. The normalized spacial score (nSPS) is 42.1. The molecule has 132 valence electrons. The van der Waals surface area contributed by atoms with Gasteiger partial charge in [-0.05, 0) is 72.7 Å². The van der Waals surface area contributed by atoms with Crippen LogP contribution in [-0.2, 0) is 4.79 Å². The van der Waals surface area contributed by atoms with Crippen LogP contribution < -0.4 is 0 Å². The lowest BCUT2D eigenvalue weighted by Crippen LogP contribution is -2.52. The molecule has 0 aromatic rings. The highest BCUT2D eigenvalue weighted by atomic mass is 16.4. The summed E-state index contributed by atoms with van der Waals surface area (Å²) >= 11 is 0. The number of hydrogen-bond donors (Lipinski definition) is 2. The predicted molar refractivity (Wildman–Crippen MR) is 93.1 cm³/mol. The molecule has 0 spiro atoms. The van der Waals surface area contributed by atoms with Gasteiger partial charge >= 0.3 is 5.97 Å². The Morgan fingerprint density at radius 2 is 2.00 bits per heavy atom. The first-order valence-electron chi connectivity index (χ1n) is 9.20. The standard InChI is InChI=1S/C20H34O3/c1-13(12-18(22)23)8-10-19(4)14(2)9-11-20(5)15(3)16(21)6-7-17(19)20/h13-14,16-17,21H,3,6-12H2,1-2,4-5H3,(H,22,23). The molecule has 0 radical (unpaired) electrons. The first-order valence-corrected chi connectivity index (χ1v) is 9.20. The number of fused-ring (bicyclic) bond motifs is 1. The molecule has 2 N–H and O–H groups in total. The highest BCUT2D eigenvalue weighted by Crippen LogP contribution is 2.62. The molecule has 0 heterocycles. The Bertz CT molecular complexity index is 472. The van der Waals surface area contributed by atoms with Crippen molar-refractivity contribution in [2.45, 2.75) is 78.7 Å². The number of aliphatic hydroxyl groups is 1. The Morgan fingerprint density at radius 1 is 1.35 bits per heavy atom. The van der Waals surface area contributed by atoms with E-state index < -0.39 is 5.97 Å². The maximum absolute atomic E-state index is 10.9. The second kappa shape index (κ2) is 6.58. The van der Waals surface area contributed by atoms with Gasteiger partial charge in [0, 0.05) is 6.42 Å². The number of aliphatic carboxylic acids is 1. The molecule has 0 amide bonds. The van der Waals surface area contributed by atoms with Crippen molar-refractivity contribution >= 4 is 5.97 Å². The Morgan fingerprint density at radius 3 is 2.61 bits per heavy atom. The van der Waals surface area contributed by atoms with Crippen LogP contribution in [0.3, 0.4) is 0 Å². The largest absolute Gasteiger partial charge is 0.481 e. The van der Waals surface area contributed by atoms with E-state index >= 15 is 0 Å². The van der Waals surface area contributed by atoms with Gasteiger partial charge in [0.25, 0.3) is 0 Å². The topological polar surface area (TPSA) is 57.5 Å². The molecule has 0 bridgehead atoms. The van der Waals surface area contributed by atoms with Crippen LogP contribution in [0.1, 0.15) is 72.6 Å². The fourth-order valence-corrected chi connectivity index (χ4v) is 5.38. The van der Waals surface area contributed by atoms with Crippen LogP contribution in [0.2, 0.25) is 0 Å². The molecule has 2 saturated carbocycles. The van der Waals surface area contributed by atoms with Crippen molar-refractivity contribution < 1.29 is 15.0 Å². The van der Waals surface area contributed by atoms with Crippen molar-refractivity contribution in [2.75, 3.05) is 0 Å². The van der Waals surface area contributed by atoms with Crippen molar-refractivity contribution in [1.29, 1.82) is 0 Å². The first-order chi connectivity index (χ1) is 10.6. The van der Waals surface area contributed by atoms with Gasteiger partial charge in [-0.3, -0.25) is 4.79 Å². The van der Waals surface area contributed by atoms with E-state index in [9.17, 15) is 9.90 Å². The van der Waals surface area contributed by atoms with E-state index in [1.54, 1.807) is 0 Å². The van der Waals surface area contributed by atoms with E-state index in [1.165, 1.54) is 6.42 Å². The van der Waals surface area contributed by atoms with Crippen LogP contribution in [0.5, 0.6) is 0 Å². The lowest BCUT2D eigenvalue weighted by Gasteiger charge is -2.59. The summed E-state index contributed by atoms with van der Waals surface area (Å²) in [6.07, 6.45) is 6.13. The van der Waals surface area contributed by atoms with E-state index in [-0.39, 0.29) is 29.3 Å². The summed E-state index contributed by atoms with van der Waals surface area (Å²) in [5, 5.41) is 19.3. The number of carbonyl (C=O) groups is 1. The van der Waals surface area contributed by atoms with Crippen molar-refractivity contribution in [3.63, 3.8) is 0 Å². The second-order valence-electron chi connectivity index (χ2n) is 8.78. The summed E-state index contributed by atoms with van der Waals surface area (Å²) in [4.78, 5) is 10.9. The number of rotatable bonds is 5. The number of hydrogen-bond acceptors (Lipinski definition) is 2. The molecule has 23 heavy (non-hydrogen) atoms. The van der Waals surface area contributed by atoms with Crippen LogP contribution in [-0.4, -0.2) is 22.3 Å². The minimum Gasteiger partial charge on any atom is -0.481 e. The van der Waals surface area contributed by atoms with E-state index in [1.807, 2.05) is 6.92 Å². The molecule has 0 saturated heterocycles. The highest BCUT2D eigenvalue weighted by molar-refractivity contribution is 5.66. The predicted octanol–water partition coefficient (Wildman–Crippen LogP) is 4.65. The van der Waals surface area contributed by atoms with Gasteiger partial charge in [-0.25, -0.2) is 0 Å². The van der Waals surface area contributed by atoms with Crippen molar-refractivity contribution in [1.82, 2.24) is 0 Å². The van der Waals surface area contributed by atoms with Gasteiger partial charge in [0.05, 0.1) is 6.10 Å². The van der Waals surface area contributed by atoms with Gasteiger partial charge in [0.2, 0.25) is 0 Å². The van der Waals surface area contributed by atoms with Gasteiger partial charge in [0.1, 0.15) is 0 Å². The van der Waals surface area contributed by atoms with E-state index in [4.69, 9.17) is 5.11 Å². The molecule has 2 aliphatic carbocycles. The Hall–Kier alpha value is -0.830. The summed E-state index contributed by atoms with van der Waals surface area (Å²) in [5.74, 6) is 0.716. The maximum atomic E-state index is 10.9. The lowest BCUT2D eigenvalue weighted by molar-refractivity contribution is -0.138. The summed E-state index contributed by atoms with van der Waals surface area (Å²) in [6.45, 7) is 13.4. The fourth-order valence-electron chi connectivity index (χ4n) is 5.38. The SMILES string of the molecule is C=C1C(O)CCC2C1(C)CCC(C)C2(C)CCC(C)CC(=O)O. The van der Waals surface area contributed by atoms with E-state index in [2.05, 4.69) is 27.4 Å². The molecule has 2 aliphatic rings. The molecule has 3 nitrogen and oxygen atoms in total. The second-order valence-corrected chi connectivity index (χ2v) is 8.78. The van der Waals surface area contributed by atoms with E-state index in [0.29, 0.717) is 11.8 Å². The van der Waals surface area contributed by atoms with Crippen LogP contribution >= 0.6 is 0 Å². The Balaban J connectivity index is 2.17. The highest BCUT2D eigenvalue weighted by Gasteiger charge is 2.55. The lowest BCUT2D eigenvalue weighted by atomic mass is 9.45. The van der Waals surface area contributed by atoms with Gasteiger partial charge in [0.15, 0.2) is 0 Å². The van der Waals surface area contributed by atoms with Gasteiger partial charge in [-0.1, -0.05) is 34.3 Å². The smallest absolute Gasteiger partial charge is 0.303 e. The van der Waals surface area contributed by atoms with Crippen molar-refractivity contribution in [3.05, 3.63) is 12.2 Å². The number of aliphatic hydroxyl groups excluding tert-OH is 1. The molecule has 0 aromatic carbocycles. The zero-order valence-corrected chi connectivity index (χ0v) is 15.3. The molecule has 6 unspecified atom stereocenters. The molecule has 0 aliphatic heterocycles. The Labute approximate surface area is 141 Å². The molecule has 0 aromatic heterocycles. The molecule has 2 fully saturated rings. The van der Waals surface area contributed by atoms with Crippen LogP contribution in [0, 0.1) is 28.6 Å². The van der Waals surface area contributed by atoms with Crippen LogP contribution in [0.4, 0.5) is 0 Å². The molecular formula is C20H34O3. The van der Waals surface area contributed by atoms with Gasteiger partial charge in [-0.15, -0.1) is 0 Å². The average molecular weight is 322 g/mol. The minimum atomic E-state index is -0.696. The molecular weight excluding hydrogens is 288 g/mol.